The summed E-state index contributed by atoms with van der Waals surface area (Å²) in [4.78, 5) is 0. The van der Waals surface area contributed by atoms with Gasteiger partial charge in [0.2, 0.25) is 0 Å². The summed E-state index contributed by atoms with van der Waals surface area (Å²) in [5.41, 5.74) is 2.95. The average molecular weight is 202 g/mol. The fourth-order valence-electron chi connectivity index (χ4n) is 1.44. The highest BCUT2D eigenvalue weighted by molar-refractivity contribution is 5.65. The van der Waals surface area contributed by atoms with Crippen molar-refractivity contribution in [2.45, 2.75) is 6.92 Å². The largest absolute Gasteiger partial charge is 0.505 e. The Morgan fingerprint density at radius 1 is 0.933 bits per heavy atom. The van der Waals surface area contributed by atoms with Crippen LogP contribution in [-0.4, -0.2) is 5.11 Å². The van der Waals surface area contributed by atoms with E-state index in [2.05, 4.69) is 0 Å². The molecule has 1 nitrogen and oxygen atoms in total. The molecular weight excluding hydrogens is 191 g/mol. The lowest BCUT2D eigenvalue weighted by atomic mass is 10.0. The fraction of sp³-hybridized carbons (Fsp3) is 0.0769. The lowest BCUT2D eigenvalue weighted by Crippen LogP contribution is -1.81. The molecule has 0 radical (unpaired) electrons. The van der Waals surface area contributed by atoms with Gasteiger partial charge in [-0.25, -0.2) is 4.39 Å². The number of phenols is 1. The third kappa shape index (κ3) is 1.99. The SMILES string of the molecule is Cc1ccc(-c2ccc(F)c(O)c2)cc1. The first kappa shape index (κ1) is 9.71. The highest BCUT2D eigenvalue weighted by Crippen LogP contribution is 2.25. The Morgan fingerprint density at radius 2 is 1.53 bits per heavy atom. The Kier molecular flexibility index (Phi) is 2.42. The number of aryl methyl sites for hydroxylation is 1. The van der Waals surface area contributed by atoms with E-state index in [0.29, 0.717) is 0 Å². The van der Waals surface area contributed by atoms with Gasteiger partial charge in [-0.3, -0.25) is 0 Å². The van der Waals surface area contributed by atoms with Crippen LogP contribution in [0.5, 0.6) is 5.75 Å². The van der Waals surface area contributed by atoms with Gasteiger partial charge in [0.15, 0.2) is 11.6 Å². The highest BCUT2D eigenvalue weighted by Gasteiger charge is 2.02. The molecule has 1 N–H and O–H groups in total. The van der Waals surface area contributed by atoms with Gasteiger partial charge in [0.25, 0.3) is 0 Å². The van der Waals surface area contributed by atoms with Crippen molar-refractivity contribution in [2.75, 3.05) is 0 Å². The van der Waals surface area contributed by atoms with Gasteiger partial charge in [0.05, 0.1) is 0 Å². The molecule has 2 aromatic carbocycles. The number of hydrogen-bond donors (Lipinski definition) is 1. The van der Waals surface area contributed by atoms with E-state index >= 15 is 0 Å². The predicted octanol–water partition coefficient (Wildman–Crippen LogP) is 3.51. The van der Waals surface area contributed by atoms with Crippen LogP contribution in [0.2, 0.25) is 0 Å². The van der Waals surface area contributed by atoms with Gasteiger partial charge in [-0.15, -0.1) is 0 Å². The van der Waals surface area contributed by atoms with Crippen molar-refractivity contribution in [2.24, 2.45) is 0 Å². The number of aromatic hydroxyl groups is 1. The number of halogens is 1. The van der Waals surface area contributed by atoms with Gasteiger partial charge in [0, 0.05) is 0 Å². The summed E-state index contributed by atoms with van der Waals surface area (Å²) in [6.45, 7) is 2.01. The van der Waals surface area contributed by atoms with Crippen LogP contribution in [0.1, 0.15) is 5.56 Å². The van der Waals surface area contributed by atoms with E-state index in [1.165, 1.54) is 17.7 Å². The van der Waals surface area contributed by atoms with Crippen LogP contribution >= 0.6 is 0 Å². The van der Waals surface area contributed by atoms with E-state index in [9.17, 15) is 9.50 Å². The second-order valence-electron chi connectivity index (χ2n) is 3.53. The first-order valence-electron chi connectivity index (χ1n) is 4.72. The molecule has 0 saturated carbocycles. The topological polar surface area (TPSA) is 20.2 Å². The van der Waals surface area contributed by atoms with E-state index in [1.807, 2.05) is 31.2 Å². The minimum Gasteiger partial charge on any atom is -0.505 e. The molecule has 0 aromatic heterocycles. The molecule has 2 rings (SSSR count). The molecule has 0 bridgehead atoms. The number of hydrogen-bond acceptors (Lipinski definition) is 1. The zero-order chi connectivity index (χ0) is 10.8. The summed E-state index contributed by atoms with van der Waals surface area (Å²) in [6, 6.07) is 12.2. The monoisotopic (exact) mass is 202 g/mol. The molecule has 0 aliphatic carbocycles. The van der Waals surface area contributed by atoms with Crippen LogP contribution in [0.25, 0.3) is 11.1 Å². The smallest absolute Gasteiger partial charge is 0.164 e. The van der Waals surface area contributed by atoms with E-state index in [4.69, 9.17) is 0 Å². The van der Waals surface area contributed by atoms with E-state index in [0.717, 1.165) is 11.1 Å². The minimum absolute atomic E-state index is 0.312. The zero-order valence-electron chi connectivity index (χ0n) is 8.37. The first-order valence-corrected chi connectivity index (χ1v) is 4.72. The summed E-state index contributed by atoms with van der Waals surface area (Å²) >= 11 is 0. The van der Waals surface area contributed by atoms with Gasteiger partial charge in [-0.1, -0.05) is 35.9 Å². The van der Waals surface area contributed by atoms with Crippen molar-refractivity contribution < 1.29 is 9.50 Å². The second-order valence-corrected chi connectivity index (χ2v) is 3.53. The maximum Gasteiger partial charge on any atom is 0.164 e. The van der Waals surface area contributed by atoms with Crippen molar-refractivity contribution in [1.29, 1.82) is 0 Å². The minimum atomic E-state index is -0.592. The first-order chi connectivity index (χ1) is 7.16. The van der Waals surface area contributed by atoms with Crippen LogP contribution in [0.3, 0.4) is 0 Å². The quantitative estimate of drug-likeness (QED) is 0.750. The molecule has 0 fully saturated rings. The van der Waals surface area contributed by atoms with E-state index in [-0.39, 0.29) is 5.75 Å². The zero-order valence-corrected chi connectivity index (χ0v) is 8.37. The normalized spacial score (nSPS) is 10.3. The van der Waals surface area contributed by atoms with Crippen LogP contribution in [0.15, 0.2) is 42.5 Å². The van der Waals surface area contributed by atoms with Gasteiger partial charge in [-0.05, 0) is 30.2 Å². The molecule has 15 heavy (non-hydrogen) atoms. The van der Waals surface area contributed by atoms with Gasteiger partial charge in [0.1, 0.15) is 0 Å². The molecule has 0 unspecified atom stereocenters. The Labute approximate surface area is 87.8 Å². The third-order valence-corrected chi connectivity index (χ3v) is 2.33. The molecule has 0 amide bonds. The molecule has 0 aliphatic heterocycles. The van der Waals surface area contributed by atoms with Crippen LogP contribution < -0.4 is 0 Å². The Hall–Kier alpha value is -1.83. The summed E-state index contributed by atoms with van der Waals surface area (Å²) in [7, 11) is 0. The molecule has 0 saturated heterocycles. The third-order valence-electron chi connectivity index (χ3n) is 2.33. The summed E-state index contributed by atoms with van der Waals surface area (Å²) in [6.07, 6.45) is 0. The molecule has 76 valence electrons. The standard InChI is InChI=1S/C13H11FO/c1-9-2-4-10(5-3-9)11-6-7-12(14)13(15)8-11/h2-8,15H,1H3. The highest BCUT2D eigenvalue weighted by atomic mass is 19.1. The Balaban J connectivity index is 2.45. The number of benzene rings is 2. The molecule has 0 aliphatic rings. The number of phenolic OH excluding ortho intramolecular Hbond substituents is 1. The maximum atomic E-state index is 12.8. The second kappa shape index (κ2) is 3.73. The molecule has 2 aromatic rings. The van der Waals surface area contributed by atoms with Crippen molar-refractivity contribution in [3.63, 3.8) is 0 Å². The summed E-state index contributed by atoms with van der Waals surface area (Å²) < 4.78 is 12.8. The van der Waals surface area contributed by atoms with Crippen molar-refractivity contribution in [3.8, 4) is 16.9 Å². The van der Waals surface area contributed by atoms with E-state index in [1.54, 1.807) is 6.07 Å². The Morgan fingerprint density at radius 3 is 2.13 bits per heavy atom. The summed E-state index contributed by atoms with van der Waals surface area (Å²) in [5, 5.41) is 9.24. The Bertz CT molecular complexity index is 474. The van der Waals surface area contributed by atoms with Gasteiger partial charge >= 0.3 is 0 Å². The van der Waals surface area contributed by atoms with Crippen LogP contribution in [-0.2, 0) is 0 Å². The summed E-state index contributed by atoms with van der Waals surface area (Å²) in [5.74, 6) is -0.904. The fourth-order valence-corrected chi connectivity index (χ4v) is 1.44. The van der Waals surface area contributed by atoms with Gasteiger partial charge < -0.3 is 5.11 Å². The predicted molar refractivity (Wildman–Crippen MR) is 58.2 cm³/mol. The average Bonchev–Trinajstić information content (AvgIpc) is 2.23. The van der Waals surface area contributed by atoms with Crippen molar-refractivity contribution >= 4 is 0 Å². The molecule has 0 heterocycles. The van der Waals surface area contributed by atoms with Crippen molar-refractivity contribution in [3.05, 3.63) is 53.8 Å². The van der Waals surface area contributed by atoms with Crippen LogP contribution in [0, 0.1) is 12.7 Å². The van der Waals surface area contributed by atoms with E-state index < -0.39 is 5.82 Å². The molecule has 2 heteroatoms. The van der Waals surface area contributed by atoms with Gasteiger partial charge in [-0.2, -0.15) is 0 Å². The van der Waals surface area contributed by atoms with Crippen molar-refractivity contribution in [1.82, 2.24) is 0 Å². The lowest BCUT2D eigenvalue weighted by Gasteiger charge is -2.03. The maximum absolute atomic E-state index is 12.8. The number of rotatable bonds is 1. The lowest BCUT2D eigenvalue weighted by molar-refractivity contribution is 0.433. The molecular formula is C13H11FO. The molecule has 0 atom stereocenters. The van der Waals surface area contributed by atoms with Crippen LogP contribution in [0.4, 0.5) is 4.39 Å². The molecule has 0 spiro atoms.